The van der Waals surface area contributed by atoms with Crippen LogP contribution in [0.5, 0.6) is 5.75 Å². The summed E-state index contributed by atoms with van der Waals surface area (Å²) in [6, 6.07) is 15.1. The Hall–Kier alpha value is -3.54. The van der Waals surface area contributed by atoms with E-state index in [9.17, 15) is 0 Å². The van der Waals surface area contributed by atoms with Gasteiger partial charge < -0.3 is 19.0 Å². The number of aromatic nitrogens is 2. The third kappa shape index (κ3) is 3.88. The fourth-order valence-electron chi connectivity index (χ4n) is 4.56. The topological polar surface area (TPSA) is 51.9 Å². The van der Waals surface area contributed by atoms with E-state index in [4.69, 9.17) is 9.57 Å². The van der Waals surface area contributed by atoms with Crippen LogP contribution >= 0.6 is 0 Å². The van der Waals surface area contributed by atoms with Crippen molar-refractivity contribution in [3.05, 3.63) is 82.9 Å². The average molecular weight is 429 g/mol. The number of nitrogens with zero attached hydrogens (tertiary/aromatic N) is 4. The molecule has 3 aromatic rings. The number of amidine groups is 1. The summed E-state index contributed by atoms with van der Waals surface area (Å²) in [4.78, 5) is 12.4. The minimum Gasteiger partial charge on any atom is -0.495 e. The Morgan fingerprint density at radius 1 is 1.16 bits per heavy atom. The van der Waals surface area contributed by atoms with Crippen molar-refractivity contribution >= 4 is 11.9 Å². The Bertz CT molecular complexity index is 1190. The highest BCUT2D eigenvalue weighted by atomic mass is 16.6. The van der Waals surface area contributed by atoms with Gasteiger partial charge in [0.15, 0.2) is 5.84 Å². The van der Waals surface area contributed by atoms with Gasteiger partial charge in [-0.1, -0.05) is 41.1 Å². The van der Waals surface area contributed by atoms with Crippen molar-refractivity contribution in [2.45, 2.75) is 32.7 Å². The van der Waals surface area contributed by atoms with Crippen LogP contribution in [-0.2, 0) is 4.84 Å². The predicted molar refractivity (Wildman–Crippen MR) is 126 cm³/mol. The number of ether oxygens (including phenoxy) is 1. The van der Waals surface area contributed by atoms with Gasteiger partial charge in [0.25, 0.3) is 0 Å². The SMILES string of the molecule is COc1cc(/C=C2\CCCN3C2=NOC[C@@H]3c2cccc(C)c2)ccc1-n1cnc(C)c1. The van der Waals surface area contributed by atoms with Crippen LogP contribution in [-0.4, -0.2) is 40.5 Å². The molecule has 0 aliphatic carbocycles. The molecule has 6 heteroatoms. The van der Waals surface area contributed by atoms with Crippen LogP contribution in [0.15, 0.2) is 65.7 Å². The van der Waals surface area contributed by atoms with Gasteiger partial charge in [-0.3, -0.25) is 0 Å². The molecular formula is C26H28N4O2. The Kier molecular flexibility index (Phi) is 5.43. The Labute approximate surface area is 188 Å². The first-order valence-electron chi connectivity index (χ1n) is 11.1. The van der Waals surface area contributed by atoms with Crippen LogP contribution in [0, 0.1) is 13.8 Å². The summed E-state index contributed by atoms with van der Waals surface area (Å²) in [7, 11) is 1.70. The van der Waals surface area contributed by atoms with Gasteiger partial charge in [-0.15, -0.1) is 0 Å². The highest BCUT2D eigenvalue weighted by Crippen LogP contribution is 2.34. The van der Waals surface area contributed by atoms with Crippen LogP contribution in [0.25, 0.3) is 11.8 Å². The van der Waals surface area contributed by atoms with Gasteiger partial charge in [-0.25, -0.2) is 4.98 Å². The minimum absolute atomic E-state index is 0.187. The van der Waals surface area contributed by atoms with E-state index in [0.29, 0.717) is 6.61 Å². The highest BCUT2D eigenvalue weighted by Gasteiger charge is 2.33. The number of methoxy groups -OCH3 is 1. The van der Waals surface area contributed by atoms with Crippen molar-refractivity contribution in [3.63, 3.8) is 0 Å². The summed E-state index contributed by atoms with van der Waals surface area (Å²) < 4.78 is 7.67. The first-order valence-corrected chi connectivity index (χ1v) is 11.1. The second-order valence-corrected chi connectivity index (χ2v) is 8.46. The summed E-state index contributed by atoms with van der Waals surface area (Å²) in [6.07, 6.45) is 8.08. The molecule has 0 amide bonds. The van der Waals surface area contributed by atoms with Gasteiger partial charge in [-0.2, -0.15) is 0 Å². The van der Waals surface area contributed by atoms with Crippen LogP contribution in [0.4, 0.5) is 0 Å². The Morgan fingerprint density at radius 2 is 2.06 bits per heavy atom. The molecule has 2 aromatic carbocycles. The molecule has 1 fully saturated rings. The van der Waals surface area contributed by atoms with Gasteiger partial charge in [0.1, 0.15) is 12.4 Å². The summed E-state index contributed by atoms with van der Waals surface area (Å²) in [5, 5.41) is 4.47. The van der Waals surface area contributed by atoms with Gasteiger partial charge >= 0.3 is 0 Å². The largest absolute Gasteiger partial charge is 0.495 e. The zero-order valence-corrected chi connectivity index (χ0v) is 18.8. The Balaban J connectivity index is 1.46. The molecule has 0 saturated carbocycles. The maximum atomic E-state index is 5.71. The minimum atomic E-state index is 0.187. The number of imidazole rings is 1. The second kappa shape index (κ2) is 8.54. The molecule has 32 heavy (non-hydrogen) atoms. The quantitative estimate of drug-likeness (QED) is 0.583. The van der Waals surface area contributed by atoms with Crippen LogP contribution in [0.1, 0.15) is 41.3 Å². The van der Waals surface area contributed by atoms with Crippen molar-refractivity contribution in [2.75, 3.05) is 20.3 Å². The summed E-state index contributed by atoms with van der Waals surface area (Å²) in [6.45, 7) is 5.67. The molecule has 0 bridgehead atoms. The van der Waals surface area contributed by atoms with Crippen molar-refractivity contribution in [2.24, 2.45) is 5.16 Å². The van der Waals surface area contributed by atoms with E-state index in [-0.39, 0.29) is 6.04 Å². The lowest BCUT2D eigenvalue weighted by molar-refractivity contribution is 0.0575. The number of hydrogen-bond acceptors (Lipinski definition) is 5. The normalized spacial score (nSPS) is 19.3. The molecule has 1 aromatic heterocycles. The zero-order valence-electron chi connectivity index (χ0n) is 18.8. The lowest BCUT2D eigenvalue weighted by Crippen LogP contribution is -2.44. The molecule has 0 N–H and O–H groups in total. The van der Waals surface area contributed by atoms with Crippen LogP contribution in [0.2, 0.25) is 0 Å². The third-order valence-electron chi connectivity index (χ3n) is 6.13. The second-order valence-electron chi connectivity index (χ2n) is 8.46. The summed E-state index contributed by atoms with van der Waals surface area (Å²) in [5.41, 5.74) is 6.76. The molecule has 0 radical (unpaired) electrons. The van der Waals surface area contributed by atoms with Crippen molar-refractivity contribution in [1.82, 2.24) is 14.5 Å². The van der Waals surface area contributed by atoms with E-state index < -0.39 is 0 Å². The van der Waals surface area contributed by atoms with E-state index >= 15 is 0 Å². The lowest BCUT2D eigenvalue weighted by atomic mass is 9.95. The number of benzene rings is 2. The highest BCUT2D eigenvalue weighted by molar-refractivity contribution is 6.03. The van der Waals surface area contributed by atoms with Gasteiger partial charge in [0, 0.05) is 12.7 Å². The first-order chi connectivity index (χ1) is 15.6. The van der Waals surface area contributed by atoms with E-state index in [0.717, 1.165) is 47.9 Å². The summed E-state index contributed by atoms with van der Waals surface area (Å²) >= 11 is 0. The maximum Gasteiger partial charge on any atom is 0.172 e. The van der Waals surface area contributed by atoms with Crippen molar-refractivity contribution < 1.29 is 9.57 Å². The molecule has 0 unspecified atom stereocenters. The Morgan fingerprint density at radius 3 is 2.84 bits per heavy atom. The van der Waals surface area contributed by atoms with E-state index in [1.54, 1.807) is 7.11 Å². The van der Waals surface area contributed by atoms with E-state index in [2.05, 4.69) is 70.5 Å². The smallest absolute Gasteiger partial charge is 0.172 e. The molecule has 164 valence electrons. The fraction of sp³-hybridized carbons (Fsp3) is 0.308. The predicted octanol–water partition coefficient (Wildman–Crippen LogP) is 5.06. The number of rotatable bonds is 4. The number of oxime groups is 1. The van der Waals surface area contributed by atoms with E-state index in [1.165, 1.54) is 16.7 Å². The third-order valence-corrected chi connectivity index (χ3v) is 6.13. The monoisotopic (exact) mass is 428 g/mol. The maximum absolute atomic E-state index is 5.71. The van der Waals surface area contributed by atoms with Crippen LogP contribution in [0.3, 0.4) is 0 Å². The molecule has 1 atom stereocenters. The number of fused-ring (bicyclic) bond motifs is 1. The van der Waals surface area contributed by atoms with Gasteiger partial charge in [-0.05, 0) is 61.6 Å². The van der Waals surface area contributed by atoms with Crippen molar-refractivity contribution in [1.29, 1.82) is 0 Å². The zero-order chi connectivity index (χ0) is 22.1. The molecule has 1 saturated heterocycles. The molecule has 2 aliphatic rings. The molecule has 5 rings (SSSR count). The standard InChI is InChI=1S/C26H28N4O2/c1-18-6-4-7-21(12-18)24-16-32-28-26-22(8-5-11-30(24)26)13-20-9-10-23(25(14-20)31-3)29-15-19(2)27-17-29/h4,6-7,9-10,12-15,17,24H,5,8,11,16H2,1-3H3/b22-13+/t24-/m1/s1. The van der Waals surface area contributed by atoms with Gasteiger partial charge in [0.2, 0.25) is 0 Å². The molecular weight excluding hydrogens is 400 g/mol. The number of piperidine rings is 1. The van der Waals surface area contributed by atoms with Gasteiger partial charge in [0.05, 0.1) is 30.9 Å². The first kappa shape index (κ1) is 20.4. The lowest BCUT2D eigenvalue weighted by Gasteiger charge is -2.40. The molecule has 0 spiro atoms. The molecule has 3 heterocycles. The number of hydrogen-bond donors (Lipinski definition) is 0. The number of aryl methyl sites for hydroxylation is 2. The fourth-order valence-corrected chi connectivity index (χ4v) is 4.56. The van der Waals surface area contributed by atoms with Crippen molar-refractivity contribution in [3.8, 4) is 11.4 Å². The molecule has 6 nitrogen and oxygen atoms in total. The van der Waals surface area contributed by atoms with E-state index in [1.807, 2.05) is 24.0 Å². The van der Waals surface area contributed by atoms with Crippen LogP contribution < -0.4 is 4.74 Å². The molecule has 2 aliphatic heterocycles. The summed E-state index contributed by atoms with van der Waals surface area (Å²) in [5.74, 6) is 1.76. The average Bonchev–Trinajstić information content (AvgIpc) is 3.25.